The Balaban J connectivity index is 2.34. The van der Waals surface area contributed by atoms with Crippen molar-refractivity contribution in [2.24, 2.45) is 0 Å². The summed E-state index contributed by atoms with van der Waals surface area (Å²) in [5.74, 6) is 0.618. The Morgan fingerprint density at radius 2 is 1.88 bits per heavy atom. The minimum atomic E-state index is -0.126. The van der Waals surface area contributed by atoms with Crippen molar-refractivity contribution in [1.29, 1.82) is 0 Å². The second-order valence-corrected chi connectivity index (χ2v) is 5.56. The van der Waals surface area contributed by atoms with Crippen LogP contribution in [0.25, 0.3) is 6.08 Å². The number of aryl methyl sites for hydroxylation is 2. The first-order chi connectivity index (χ1) is 11.5. The Bertz CT molecular complexity index is 761. The van der Waals surface area contributed by atoms with E-state index in [1.807, 2.05) is 46.0 Å². The molecule has 0 spiro atoms. The third kappa shape index (κ3) is 3.77. The van der Waals surface area contributed by atoms with Crippen LogP contribution in [0.3, 0.4) is 0 Å². The molecular formula is C20H23NO3. The van der Waals surface area contributed by atoms with Crippen LogP contribution in [0.5, 0.6) is 11.5 Å². The van der Waals surface area contributed by atoms with Crippen LogP contribution >= 0.6 is 0 Å². The quantitative estimate of drug-likeness (QED) is 0.612. The van der Waals surface area contributed by atoms with Crippen LogP contribution in [0.1, 0.15) is 34.0 Å². The van der Waals surface area contributed by atoms with Gasteiger partial charge in [0.05, 0.1) is 12.2 Å². The van der Waals surface area contributed by atoms with E-state index in [0.717, 1.165) is 16.8 Å². The number of allylic oxidation sites excluding steroid dienone is 1. The highest BCUT2D eigenvalue weighted by atomic mass is 16.5. The van der Waals surface area contributed by atoms with Gasteiger partial charge in [-0.05, 0) is 74.4 Å². The van der Waals surface area contributed by atoms with Crippen LogP contribution in [-0.4, -0.2) is 24.5 Å². The molecule has 0 amide bonds. The number of ketones is 1. The van der Waals surface area contributed by atoms with Gasteiger partial charge in [-0.3, -0.25) is 4.79 Å². The molecule has 0 unspecified atom stereocenters. The number of aromatic hydroxyl groups is 1. The third-order valence-corrected chi connectivity index (χ3v) is 3.81. The number of nitrogens with one attached hydrogen (secondary N) is 1. The van der Waals surface area contributed by atoms with Crippen LogP contribution < -0.4 is 10.1 Å². The highest BCUT2D eigenvalue weighted by molar-refractivity contribution is 6.07. The number of hydrogen-bond donors (Lipinski definition) is 2. The second kappa shape index (κ2) is 7.68. The van der Waals surface area contributed by atoms with E-state index in [-0.39, 0.29) is 11.5 Å². The van der Waals surface area contributed by atoms with Gasteiger partial charge in [-0.15, -0.1) is 0 Å². The Morgan fingerprint density at radius 1 is 1.21 bits per heavy atom. The molecule has 2 aromatic rings. The number of ether oxygens (including phenoxy) is 1. The Hall–Kier alpha value is -2.75. The molecule has 0 saturated heterocycles. The van der Waals surface area contributed by atoms with E-state index in [1.54, 1.807) is 18.2 Å². The van der Waals surface area contributed by atoms with Crippen LogP contribution in [-0.2, 0) is 0 Å². The van der Waals surface area contributed by atoms with Crippen LogP contribution in [0.4, 0.5) is 5.69 Å². The average Bonchev–Trinajstić information content (AvgIpc) is 2.59. The van der Waals surface area contributed by atoms with Gasteiger partial charge >= 0.3 is 0 Å². The number of hydrogen-bond acceptors (Lipinski definition) is 4. The molecule has 0 fully saturated rings. The predicted octanol–water partition coefficient (Wildman–Crippen LogP) is 4.35. The molecule has 4 nitrogen and oxygen atoms in total. The van der Waals surface area contributed by atoms with Crippen molar-refractivity contribution < 1.29 is 14.6 Å². The Labute approximate surface area is 142 Å². The first-order valence-electron chi connectivity index (χ1n) is 7.94. The molecular weight excluding hydrogens is 302 g/mol. The maximum absolute atomic E-state index is 12.3. The van der Waals surface area contributed by atoms with Gasteiger partial charge in [0.2, 0.25) is 0 Å². The van der Waals surface area contributed by atoms with Gasteiger partial charge in [-0.25, -0.2) is 0 Å². The summed E-state index contributed by atoms with van der Waals surface area (Å²) in [5, 5.41) is 13.3. The number of rotatable bonds is 6. The monoisotopic (exact) mass is 325 g/mol. The van der Waals surface area contributed by atoms with Crippen molar-refractivity contribution in [2.75, 3.05) is 19.0 Å². The summed E-state index contributed by atoms with van der Waals surface area (Å²) in [6.45, 7) is 6.13. The van der Waals surface area contributed by atoms with E-state index in [9.17, 15) is 9.90 Å². The van der Waals surface area contributed by atoms with Gasteiger partial charge in [0.25, 0.3) is 0 Å². The average molecular weight is 325 g/mol. The molecule has 0 aliphatic heterocycles. The molecule has 0 heterocycles. The number of carbonyl (C=O) groups excluding carboxylic acids is 1. The van der Waals surface area contributed by atoms with E-state index in [2.05, 4.69) is 5.32 Å². The van der Waals surface area contributed by atoms with Gasteiger partial charge in [0.1, 0.15) is 11.5 Å². The standard InChI is InChI=1S/C20H23NO3/c1-5-24-20-14(3)12-13(2)19(23)17(20)10-11-18(22)15-6-8-16(21-4)9-7-15/h6-12,21,23H,5H2,1-4H3/b11-10+. The van der Waals surface area contributed by atoms with Crippen molar-refractivity contribution in [2.45, 2.75) is 20.8 Å². The summed E-state index contributed by atoms with van der Waals surface area (Å²) < 4.78 is 5.64. The molecule has 0 saturated carbocycles. The summed E-state index contributed by atoms with van der Waals surface area (Å²) >= 11 is 0. The lowest BCUT2D eigenvalue weighted by molar-refractivity contribution is 0.104. The summed E-state index contributed by atoms with van der Waals surface area (Å²) in [4.78, 5) is 12.3. The molecule has 2 N–H and O–H groups in total. The fourth-order valence-electron chi connectivity index (χ4n) is 2.54. The number of benzene rings is 2. The molecule has 126 valence electrons. The van der Waals surface area contributed by atoms with E-state index >= 15 is 0 Å². The van der Waals surface area contributed by atoms with Crippen LogP contribution in [0.15, 0.2) is 36.4 Å². The summed E-state index contributed by atoms with van der Waals surface area (Å²) in [6.07, 6.45) is 3.08. The molecule has 0 atom stereocenters. The lowest BCUT2D eigenvalue weighted by Crippen LogP contribution is -1.99. The molecule has 0 radical (unpaired) electrons. The molecule has 2 rings (SSSR count). The van der Waals surface area contributed by atoms with E-state index in [1.165, 1.54) is 6.08 Å². The molecule has 0 aliphatic rings. The number of anilines is 1. The smallest absolute Gasteiger partial charge is 0.185 e. The number of phenols is 1. The molecule has 24 heavy (non-hydrogen) atoms. The Morgan fingerprint density at radius 3 is 2.46 bits per heavy atom. The largest absolute Gasteiger partial charge is 0.507 e. The highest BCUT2D eigenvalue weighted by Gasteiger charge is 2.13. The maximum Gasteiger partial charge on any atom is 0.185 e. The lowest BCUT2D eigenvalue weighted by atomic mass is 10.0. The van der Waals surface area contributed by atoms with E-state index in [0.29, 0.717) is 23.5 Å². The zero-order valence-corrected chi connectivity index (χ0v) is 14.5. The fourth-order valence-corrected chi connectivity index (χ4v) is 2.54. The van der Waals surface area contributed by atoms with Crippen molar-refractivity contribution in [3.8, 4) is 11.5 Å². The van der Waals surface area contributed by atoms with Crippen LogP contribution in [0, 0.1) is 13.8 Å². The topological polar surface area (TPSA) is 58.6 Å². The van der Waals surface area contributed by atoms with E-state index in [4.69, 9.17) is 4.74 Å². The molecule has 0 aliphatic carbocycles. The first-order valence-corrected chi connectivity index (χ1v) is 7.94. The van der Waals surface area contributed by atoms with E-state index < -0.39 is 0 Å². The highest BCUT2D eigenvalue weighted by Crippen LogP contribution is 2.35. The summed E-state index contributed by atoms with van der Waals surface area (Å²) in [6, 6.07) is 9.10. The minimum Gasteiger partial charge on any atom is -0.507 e. The van der Waals surface area contributed by atoms with Gasteiger partial charge in [0.15, 0.2) is 5.78 Å². The Kier molecular flexibility index (Phi) is 5.64. The molecule has 0 aromatic heterocycles. The van der Waals surface area contributed by atoms with Gasteiger partial charge < -0.3 is 15.2 Å². The zero-order valence-electron chi connectivity index (χ0n) is 14.5. The fraction of sp³-hybridized carbons (Fsp3) is 0.250. The summed E-state index contributed by atoms with van der Waals surface area (Å²) in [5.41, 5.74) is 3.75. The molecule has 0 bridgehead atoms. The lowest BCUT2D eigenvalue weighted by Gasteiger charge is -2.14. The number of phenolic OH excluding ortho intramolecular Hbond substituents is 1. The second-order valence-electron chi connectivity index (χ2n) is 5.56. The van der Waals surface area contributed by atoms with Crippen molar-refractivity contribution in [3.05, 3.63) is 58.7 Å². The van der Waals surface area contributed by atoms with Crippen molar-refractivity contribution in [1.82, 2.24) is 0 Å². The van der Waals surface area contributed by atoms with Crippen molar-refractivity contribution in [3.63, 3.8) is 0 Å². The minimum absolute atomic E-state index is 0.126. The van der Waals surface area contributed by atoms with Gasteiger partial charge in [0, 0.05) is 18.3 Å². The first kappa shape index (κ1) is 17.6. The molecule has 2 aromatic carbocycles. The summed E-state index contributed by atoms with van der Waals surface area (Å²) in [7, 11) is 1.83. The third-order valence-electron chi connectivity index (χ3n) is 3.81. The van der Waals surface area contributed by atoms with Crippen LogP contribution in [0.2, 0.25) is 0 Å². The van der Waals surface area contributed by atoms with Gasteiger partial charge in [-0.2, -0.15) is 0 Å². The predicted molar refractivity (Wildman–Crippen MR) is 98.1 cm³/mol. The zero-order chi connectivity index (χ0) is 17.7. The SMILES string of the molecule is CCOc1c(C)cc(C)c(O)c1/C=C/C(=O)c1ccc(NC)cc1. The van der Waals surface area contributed by atoms with Crippen molar-refractivity contribution >= 4 is 17.5 Å². The molecule has 4 heteroatoms. The van der Waals surface area contributed by atoms with Gasteiger partial charge in [-0.1, -0.05) is 0 Å². The number of carbonyl (C=O) groups is 1. The normalized spacial score (nSPS) is 10.8. The maximum atomic E-state index is 12.3.